The van der Waals surface area contributed by atoms with E-state index in [1.54, 1.807) is 0 Å². The number of rotatable bonds is 4. The number of hydrogen-bond donors (Lipinski definition) is 1. The third kappa shape index (κ3) is 3.32. The van der Waals surface area contributed by atoms with Gasteiger partial charge in [0.1, 0.15) is 0 Å². The van der Waals surface area contributed by atoms with Crippen LogP contribution in [-0.4, -0.2) is 35.6 Å². The van der Waals surface area contributed by atoms with Gasteiger partial charge in [0.2, 0.25) is 0 Å². The molecule has 0 bridgehead atoms. The summed E-state index contributed by atoms with van der Waals surface area (Å²) >= 11 is 0. The van der Waals surface area contributed by atoms with Crippen LogP contribution in [0.25, 0.3) is 0 Å². The Morgan fingerprint density at radius 1 is 1.00 bits per heavy atom. The third-order valence-corrected chi connectivity index (χ3v) is 6.76. The van der Waals surface area contributed by atoms with Crippen molar-refractivity contribution in [2.75, 3.05) is 13.1 Å². The summed E-state index contributed by atoms with van der Waals surface area (Å²) in [7, 11) is 0. The van der Waals surface area contributed by atoms with Crippen LogP contribution in [0.3, 0.4) is 0 Å². The van der Waals surface area contributed by atoms with Crippen molar-refractivity contribution in [3.05, 3.63) is 0 Å². The van der Waals surface area contributed by atoms with E-state index in [9.17, 15) is 0 Å². The lowest BCUT2D eigenvalue weighted by Gasteiger charge is -2.52. The van der Waals surface area contributed by atoms with Gasteiger partial charge >= 0.3 is 0 Å². The maximum absolute atomic E-state index is 4.03. The van der Waals surface area contributed by atoms with E-state index in [-0.39, 0.29) is 0 Å². The lowest BCUT2D eigenvalue weighted by molar-refractivity contribution is 0.00361. The summed E-state index contributed by atoms with van der Waals surface area (Å²) in [5.74, 6) is 0.964. The average molecular weight is 293 g/mol. The van der Waals surface area contributed by atoms with E-state index in [4.69, 9.17) is 0 Å². The molecule has 1 N–H and O–H groups in total. The quantitative estimate of drug-likeness (QED) is 0.829. The zero-order valence-corrected chi connectivity index (χ0v) is 14.4. The smallest absolute Gasteiger partial charge is 0.0309 e. The molecule has 0 aromatic rings. The highest BCUT2D eigenvalue weighted by atomic mass is 15.3. The summed E-state index contributed by atoms with van der Waals surface area (Å²) in [6.45, 7) is 7.40. The van der Waals surface area contributed by atoms with Gasteiger partial charge in [-0.1, -0.05) is 46.0 Å². The Labute approximate surface area is 132 Å². The number of piperazine rings is 1. The highest BCUT2D eigenvalue weighted by molar-refractivity contribution is 5.03. The Morgan fingerprint density at radius 3 is 2.29 bits per heavy atom. The normalized spacial score (nSPS) is 31.3. The van der Waals surface area contributed by atoms with Crippen molar-refractivity contribution in [2.45, 2.75) is 102 Å². The van der Waals surface area contributed by atoms with Crippen molar-refractivity contribution in [1.82, 2.24) is 10.2 Å². The Bertz CT molecular complexity index is 312. The minimum atomic E-state index is 0.480. The zero-order chi connectivity index (χ0) is 14.7. The van der Waals surface area contributed by atoms with Gasteiger partial charge in [0, 0.05) is 30.7 Å². The first-order chi connectivity index (χ1) is 10.3. The van der Waals surface area contributed by atoms with E-state index in [1.165, 1.54) is 83.7 Å². The van der Waals surface area contributed by atoms with Gasteiger partial charge in [0.25, 0.3) is 0 Å². The predicted molar refractivity (Wildman–Crippen MR) is 90.6 cm³/mol. The summed E-state index contributed by atoms with van der Waals surface area (Å²) in [4.78, 5) is 2.97. The summed E-state index contributed by atoms with van der Waals surface area (Å²) in [5.41, 5.74) is 0.480. The van der Waals surface area contributed by atoms with Crippen LogP contribution in [0.15, 0.2) is 0 Å². The average Bonchev–Trinajstić information content (AvgIpc) is 2.98. The molecule has 2 nitrogen and oxygen atoms in total. The van der Waals surface area contributed by atoms with Crippen molar-refractivity contribution in [2.24, 2.45) is 5.92 Å². The molecule has 1 aliphatic heterocycles. The standard InChI is InChI=1S/C19H36N2/c1-3-17(4-2)21-15-19(12-8-9-13-19)20-14-18(21)16-10-6-5-7-11-16/h16-18,20H,3-15H2,1-2H3. The maximum atomic E-state index is 4.03. The predicted octanol–water partition coefficient (Wildman–Crippen LogP) is 4.34. The SMILES string of the molecule is CCC(CC)N1CC2(CCCC2)NCC1C1CCCCC1. The lowest BCUT2D eigenvalue weighted by atomic mass is 9.79. The molecule has 3 aliphatic rings. The molecule has 122 valence electrons. The summed E-state index contributed by atoms with van der Waals surface area (Å²) in [6, 6.07) is 1.64. The second-order valence-corrected chi connectivity index (χ2v) is 7.98. The molecule has 1 unspecified atom stereocenters. The van der Waals surface area contributed by atoms with Gasteiger partial charge in [0.15, 0.2) is 0 Å². The molecule has 21 heavy (non-hydrogen) atoms. The number of nitrogens with zero attached hydrogens (tertiary/aromatic N) is 1. The molecule has 1 spiro atoms. The second kappa shape index (κ2) is 7.00. The Hall–Kier alpha value is -0.0800. The summed E-state index contributed by atoms with van der Waals surface area (Å²) in [6.07, 6.45) is 15.8. The molecule has 2 saturated carbocycles. The monoisotopic (exact) mass is 292 g/mol. The molecule has 2 aliphatic carbocycles. The van der Waals surface area contributed by atoms with Crippen LogP contribution in [0.4, 0.5) is 0 Å². The molecule has 2 heteroatoms. The van der Waals surface area contributed by atoms with Crippen LogP contribution in [0.5, 0.6) is 0 Å². The molecule has 1 saturated heterocycles. The topological polar surface area (TPSA) is 15.3 Å². The van der Waals surface area contributed by atoms with E-state index >= 15 is 0 Å². The zero-order valence-electron chi connectivity index (χ0n) is 14.4. The van der Waals surface area contributed by atoms with Crippen molar-refractivity contribution in [3.63, 3.8) is 0 Å². The van der Waals surface area contributed by atoms with Gasteiger partial charge in [0.05, 0.1) is 0 Å². The van der Waals surface area contributed by atoms with E-state index in [0.29, 0.717) is 5.54 Å². The fraction of sp³-hybridized carbons (Fsp3) is 1.00. The Balaban J connectivity index is 1.74. The first kappa shape index (κ1) is 15.8. The van der Waals surface area contributed by atoms with Crippen LogP contribution in [0.2, 0.25) is 0 Å². The van der Waals surface area contributed by atoms with Crippen LogP contribution in [0, 0.1) is 5.92 Å². The minimum Gasteiger partial charge on any atom is -0.308 e. The summed E-state index contributed by atoms with van der Waals surface area (Å²) < 4.78 is 0. The fourth-order valence-corrected chi connectivity index (χ4v) is 5.46. The minimum absolute atomic E-state index is 0.480. The molecule has 0 aromatic carbocycles. The van der Waals surface area contributed by atoms with E-state index in [1.807, 2.05) is 0 Å². The maximum Gasteiger partial charge on any atom is 0.0309 e. The number of hydrogen-bond acceptors (Lipinski definition) is 2. The molecule has 0 aromatic heterocycles. The van der Waals surface area contributed by atoms with Crippen molar-refractivity contribution in [1.29, 1.82) is 0 Å². The number of nitrogens with one attached hydrogen (secondary N) is 1. The van der Waals surface area contributed by atoms with E-state index < -0.39 is 0 Å². The lowest BCUT2D eigenvalue weighted by Crippen LogP contribution is -2.66. The van der Waals surface area contributed by atoms with Crippen molar-refractivity contribution < 1.29 is 0 Å². The molecule has 3 rings (SSSR count). The van der Waals surface area contributed by atoms with Gasteiger partial charge < -0.3 is 5.32 Å². The van der Waals surface area contributed by atoms with Crippen LogP contribution in [-0.2, 0) is 0 Å². The van der Waals surface area contributed by atoms with Gasteiger partial charge in [-0.2, -0.15) is 0 Å². The van der Waals surface area contributed by atoms with Gasteiger partial charge in [-0.3, -0.25) is 4.90 Å². The molecule has 1 heterocycles. The summed E-state index contributed by atoms with van der Waals surface area (Å²) in [5, 5.41) is 4.03. The van der Waals surface area contributed by atoms with Crippen molar-refractivity contribution >= 4 is 0 Å². The first-order valence-corrected chi connectivity index (χ1v) is 9.79. The molecule has 1 atom stereocenters. The highest BCUT2D eigenvalue weighted by Gasteiger charge is 2.44. The largest absolute Gasteiger partial charge is 0.308 e. The molecular weight excluding hydrogens is 256 g/mol. The van der Waals surface area contributed by atoms with Gasteiger partial charge in [-0.25, -0.2) is 0 Å². The Morgan fingerprint density at radius 2 is 1.67 bits per heavy atom. The first-order valence-electron chi connectivity index (χ1n) is 9.79. The van der Waals surface area contributed by atoms with Crippen LogP contribution < -0.4 is 5.32 Å². The van der Waals surface area contributed by atoms with E-state index in [2.05, 4.69) is 24.1 Å². The van der Waals surface area contributed by atoms with Crippen molar-refractivity contribution in [3.8, 4) is 0 Å². The second-order valence-electron chi connectivity index (χ2n) is 7.98. The highest BCUT2D eigenvalue weighted by Crippen LogP contribution is 2.38. The van der Waals surface area contributed by atoms with Gasteiger partial charge in [-0.05, 0) is 44.4 Å². The molecular formula is C19H36N2. The van der Waals surface area contributed by atoms with Crippen LogP contribution in [0.1, 0.15) is 84.5 Å². The molecule has 3 fully saturated rings. The molecule has 0 amide bonds. The van der Waals surface area contributed by atoms with Crippen LogP contribution >= 0.6 is 0 Å². The fourth-order valence-electron chi connectivity index (χ4n) is 5.46. The van der Waals surface area contributed by atoms with Gasteiger partial charge in [-0.15, -0.1) is 0 Å². The molecule has 0 radical (unpaired) electrons. The third-order valence-electron chi connectivity index (χ3n) is 6.76. The van der Waals surface area contributed by atoms with E-state index in [0.717, 1.165) is 18.0 Å². The Kier molecular flexibility index (Phi) is 5.27.